The van der Waals surface area contributed by atoms with E-state index in [0.717, 1.165) is 0 Å². The van der Waals surface area contributed by atoms with Gasteiger partial charge >= 0.3 is 0 Å². The van der Waals surface area contributed by atoms with Gasteiger partial charge in [-0.3, -0.25) is 0 Å². The summed E-state index contributed by atoms with van der Waals surface area (Å²) in [5.41, 5.74) is 0.622. The van der Waals surface area contributed by atoms with Gasteiger partial charge in [0.05, 0.1) is 5.02 Å². The van der Waals surface area contributed by atoms with Crippen LogP contribution in [0.4, 0.5) is 4.39 Å². The normalized spacial score (nSPS) is 16.4. The van der Waals surface area contributed by atoms with Gasteiger partial charge in [-0.1, -0.05) is 17.7 Å². The lowest BCUT2D eigenvalue weighted by Crippen LogP contribution is -2.29. The van der Waals surface area contributed by atoms with E-state index in [1.165, 1.54) is 22.5 Å². The minimum absolute atomic E-state index is 0.0107. The Morgan fingerprint density at radius 2 is 2.12 bits per heavy atom. The third-order valence-corrected chi connectivity index (χ3v) is 4.03. The first-order chi connectivity index (χ1) is 7.49. The van der Waals surface area contributed by atoms with E-state index < -0.39 is 16.0 Å². The number of nitrogens with one attached hydrogen (secondary N) is 1. The number of benzene rings is 1. The zero-order chi connectivity index (χ0) is 11.8. The molecule has 1 aromatic rings. The number of halogens is 2. The molecule has 0 amide bonds. The first kappa shape index (κ1) is 11.8. The van der Waals surface area contributed by atoms with Crippen LogP contribution in [0.15, 0.2) is 18.2 Å². The maximum Gasteiger partial charge on any atom is 0.279 e. The standard InChI is InChI=1S/C9H10ClFN2O2S/c10-8-5-7(1-2-9(8)11)6-12-16(14,15)13-3-4-13/h1-2,5,12H,3-4,6H2. The molecule has 1 fully saturated rings. The van der Waals surface area contributed by atoms with Crippen molar-refractivity contribution in [1.82, 2.24) is 9.03 Å². The molecule has 0 unspecified atom stereocenters. The van der Waals surface area contributed by atoms with Crippen LogP contribution in [0.1, 0.15) is 5.56 Å². The number of hydrogen-bond acceptors (Lipinski definition) is 2. The molecule has 0 aromatic heterocycles. The van der Waals surface area contributed by atoms with Crippen molar-refractivity contribution in [3.63, 3.8) is 0 Å². The summed E-state index contributed by atoms with van der Waals surface area (Å²) < 4.78 is 39.4. The summed E-state index contributed by atoms with van der Waals surface area (Å²) in [6.07, 6.45) is 0. The van der Waals surface area contributed by atoms with E-state index in [1.807, 2.05) is 0 Å². The fraction of sp³-hybridized carbons (Fsp3) is 0.333. The van der Waals surface area contributed by atoms with Crippen molar-refractivity contribution in [2.45, 2.75) is 6.54 Å². The van der Waals surface area contributed by atoms with Crippen LogP contribution in [0, 0.1) is 5.82 Å². The molecular weight excluding hydrogens is 255 g/mol. The van der Waals surface area contributed by atoms with Gasteiger partial charge in [0.2, 0.25) is 0 Å². The van der Waals surface area contributed by atoms with Crippen LogP contribution in [0.25, 0.3) is 0 Å². The van der Waals surface area contributed by atoms with E-state index in [-0.39, 0.29) is 11.6 Å². The topological polar surface area (TPSA) is 49.2 Å². The van der Waals surface area contributed by atoms with Gasteiger partial charge < -0.3 is 0 Å². The summed E-state index contributed by atoms with van der Waals surface area (Å²) in [4.78, 5) is 0. The smallest absolute Gasteiger partial charge is 0.205 e. The lowest BCUT2D eigenvalue weighted by molar-refractivity contribution is 0.546. The molecule has 2 rings (SSSR count). The van der Waals surface area contributed by atoms with Gasteiger partial charge in [0.1, 0.15) is 5.82 Å². The first-order valence-corrected chi connectivity index (χ1v) is 6.49. The number of hydrogen-bond donors (Lipinski definition) is 1. The summed E-state index contributed by atoms with van der Waals surface area (Å²) in [5, 5.41) is -0.0107. The molecule has 0 aliphatic carbocycles. The molecule has 1 aromatic carbocycles. The second kappa shape index (κ2) is 4.29. The van der Waals surface area contributed by atoms with Crippen LogP contribution in [-0.4, -0.2) is 25.8 Å². The molecule has 0 radical (unpaired) electrons. The first-order valence-electron chi connectivity index (χ1n) is 4.68. The van der Waals surface area contributed by atoms with E-state index in [4.69, 9.17) is 11.6 Å². The van der Waals surface area contributed by atoms with Crippen LogP contribution in [0.2, 0.25) is 5.02 Å². The number of rotatable bonds is 4. The summed E-state index contributed by atoms with van der Waals surface area (Å²) in [6.45, 7) is 1.22. The predicted octanol–water partition coefficient (Wildman–Crippen LogP) is 1.13. The molecule has 0 atom stereocenters. The highest BCUT2D eigenvalue weighted by Gasteiger charge is 2.31. The average molecular weight is 265 g/mol. The second-order valence-electron chi connectivity index (χ2n) is 3.47. The largest absolute Gasteiger partial charge is 0.279 e. The van der Waals surface area contributed by atoms with E-state index in [2.05, 4.69) is 4.72 Å². The third kappa shape index (κ3) is 2.70. The van der Waals surface area contributed by atoms with Crippen LogP contribution in [-0.2, 0) is 16.8 Å². The fourth-order valence-corrected chi connectivity index (χ4v) is 2.49. The summed E-state index contributed by atoms with van der Waals surface area (Å²) in [7, 11) is -3.36. The molecule has 1 aliphatic heterocycles. The van der Waals surface area contributed by atoms with Crippen LogP contribution < -0.4 is 4.72 Å². The maximum absolute atomic E-state index is 12.8. The van der Waals surface area contributed by atoms with Crippen LogP contribution in [0.5, 0.6) is 0 Å². The third-order valence-electron chi connectivity index (χ3n) is 2.19. The highest BCUT2D eigenvalue weighted by Crippen LogP contribution is 2.16. The quantitative estimate of drug-likeness (QED) is 0.829. The molecule has 1 heterocycles. The van der Waals surface area contributed by atoms with Crippen molar-refractivity contribution >= 4 is 21.8 Å². The molecule has 0 bridgehead atoms. The highest BCUT2D eigenvalue weighted by atomic mass is 35.5. The molecule has 0 saturated carbocycles. The highest BCUT2D eigenvalue weighted by molar-refractivity contribution is 7.87. The summed E-state index contributed by atoms with van der Waals surface area (Å²) >= 11 is 5.58. The molecule has 0 spiro atoms. The molecule has 4 nitrogen and oxygen atoms in total. The van der Waals surface area contributed by atoms with Gasteiger partial charge in [-0.2, -0.15) is 17.4 Å². The van der Waals surface area contributed by atoms with Crippen molar-refractivity contribution in [2.24, 2.45) is 0 Å². The van der Waals surface area contributed by atoms with Gasteiger partial charge in [0.25, 0.3) is 10.2 Å². The Labute approximate surface area is 98.2 Å². The zero-order valence-corrected chi connectivity index (χ0v) is 9.85. The molecule has 7 heteroatoms. The average Bonchev–Trinajstić information content (AvgIpc) is 3.03. The Balaban J connectivity index is 2.02. The monoisotopic (exact) mass is 264 g/mol. The van der Waals surface area contributed by atoms with Crippen molar-refractivity contribution in [3.05, 3.63) is 34.6 Å². The Morgan fingerprint density at radius 3 is 2.69 bits per heavy atom. The van der Waals surface area contributed by atoms with Crippen molar-refractivity contribution < 1.29 is 12.8 Å². The van der Waals surface area contributed by atoms with Gasteiger partial charge in [-0.25, -0.2) is 4.39 Å². The van der Waals surface area contributed by atoms with E-state index in [9.17, 15) is 12.8 Å². The Hall–Kier alpha value is -0.690. The maximum atomic E-state index is 12.8. The van der Waals surface area contributed by atoms with Gasteiger partial charge in [-0.15, -0.1) is 0 Å². The summed E-state index contributed by atoms with van der Waals surface area (Å²) in [6, 6.07) is 4.11. The van der Waals surface area contributed by atoms with Crippen LogP contribution in [0.3, 0.4) is 0 Å². The molecule has 1 aliphatic rings. The second-order valence-corrected chi connectivity index (χ2v) is 5.64. The Bertz CT molecular complexity index is 502. The predicted molar refractivity (Wildman–Crippen MR) is 58.7 cm³/mol. The van der Waals surface area contributed by atoms with E-state index in [1.54, 1.807) is 0 Å². The lowest BCUT2D eigenvalue weighted by Gasteiger charge is -2.06. The van der Waals surface area contributed by atoms with Crippen molar-refractivity contribution in [3.8, 4) is 0 Å². The molecule has 88 valence electrons. The molecular formula is C9H10ClFN2O2S. The number of nitrogens with zero attached hydrogens (tertiary/aromatic N) is 1. The Morgan fingerprint density at radius 1 is 1.44 bits per heavy atom. The SMILES string of the molecule is O=S(=O)(NCc1ccc(F)c(Cl)c1)N1CC1. The van der Waals surface area contributed by atoms with Gasteiger partial charge in [0.15, 0.2) is 0 Å². The Kier molecular flexibility index (Phi) is 3.16. The van der Waals surface area contributed by atoms with Crippen molar-refractivity contribution in [2.75, 3.05) is 13.1 Å². The van der Waals surface area contributed by atoms with Crippen molar-refractivity contribution in [1.29, 1.82) is 0 Å². The molecule has 1 saturated heterocycles. The zero-order valence-electron chi connectivity index (χ0n) is 8.28. The van der Waals surface area contributed by atoms with E-state index >= 15 is 0 Å². The van der Waals surface area contributed by atoms with E-state index in [0.29, 0.717) is 18.7 Å². The minimum atomic E-state index is -3.36. The fourth-order valence-electron chi connectivity index (χ4n) is 1.20. The minimum Gasteiger partial charge on any atom is -0.205 e. The van der Waals surface area contributed by atoms with Gasteiger partial charge in [0, 0.05) is 19.6 Å². The summed E-state index contributed by atoms with van der Waals surface area (Å²) in [5.74, 6) is -0.515. The lowest BCUT2D eigenvalue weighted by atomic mass is 10.2. The molecule has 1 N–H and O–H groups in total. The molecule has 16 heavy (non-hydrogen) atoms. The van der Waals surface area contributed by atoms with Crippen LogP contribution >= 0.6 is 11.6 Å². The van der Waals surface area contributed by atoms with Gasteiger partial charge in [-0.05, 0) is 17.7 Å².